The maximum absolute atomic E-state index is 12.2. The molecule has 1 aromatic carbocycles. The Morgan fingerprint density at radius 2 is 1.64 bits per heavy atom. The first-order valence-corrected chi connectivity index (χ1v) is 9.14. The average molecular weight is 405 g/mol. The molecule has 0 spiro atoms. The van der Waals surface area contributed by atoms with Crippen LogP contribution in [0.5, 0.6) is 0 Å². The minimum Gasteiger partial charge on any atom is -0.480 e. The number of nitrogens with zero attached hydrogens (tertiary/aromatic N) is 1. The molecule has 0 aliphatic carbocycles. The molecular weight excluding hydrogens is 382 g/mol. The highest BCUT2D eigenvalue weighted by molar-refractivity contribution is 7.82. The molecule has 9 heteroatoms. The molecule has 0 radical (unpaired) electrons. The van der Waals surface area contributed by atoms with E-state index in [0.29, 0.717) is 5.69 Å². The first-order valence-electron chi connectivity index (χ1n) is 8.69. The van der Waals surface area contributed by atoms with Crippen LogP contribution in [-0.2, 0) is 19.1 Å². The fourth-order valence-corrected chi connectivity index (χ4v) is 2.53. The van der Waals surface area contributed by atoms with Gasteiger partial charge in [-0.3, -0.25) is 9.59 Å². The normalized spacial score (nSPS) is 13.2. The fourth-order valence-electron chi connectivity index (χ4n) is 2.28. The molecule has 0 fully saturated rings. The maximum atomic E-state index is 12.2. The SMILES string of the molecule is CC(C)C(=O)Nc1ccc(C(S)(C(=O)O)c2ncco2)cc1NC(=O)C(C)C. The van der Waals surface area contributed by atoms with Crippen LogP contribution in [0, 0.1) is 11.8 Å². The van der Waals surface area contributed by atoms with Crippen LogP contribution >= 0.6 is 12.6 Å². The number of hydrogen-bond donors (Lipinski definition) is 4. The molecule has 1 heterocycles. The Kier molecular flexibility index (Phi) is 6.50. The van der Waals surface area contributed by atoms with Gasteiger partial charge in [0.1, 0.15) is 6.26 Å². The zero-order valence-electron chi connectivity index (χ0n) is 16.0. The number of aromatic nitrogens is 1. The number of benzene rings is 1. The maximum Gasteiger partial charge on any atom is 0.333 e. The van der Waals surface area contributed by atoms with Crippen LogP contribution in [0.3, 0.4) is 0 Å². The molecule has 1 atom stereocenters. The molecule has 2 aromatic rings. The van der Waals surface area contributed by atoms with E-state index in [2.05, 4.69) is 28.2 Å². The molecule has 0 bridgehead atoms. The lowest BCUT2D eigenvalue weighted by Crippen LogP contribution is -2.32. The highest BCUT2D eigenvalue weighted by Gasteiger charge is 2.43. The summed E-state index contributed by atoms with van der Waals surface area (Å²) in [6.45, 7) is 6.92. The molecule has 0 saturated carbocycles. The molecule has 3 N–H and O–H groups in total. The van der Waals surface area contributed by atoms with Crippen molar-refractivity contribution in [3.63, 3.8) is 0 Å². The zero-order valence-corrected chi connectivity index (χ0v) is 16.9. The predicted molar refractivity (Wildman–Crippen MR) is 107 cm³/mol. The largest absolute Gasteiger partial charge is 0.480 e. The van der Waals surface area contributed by atoms with Crippen molar-refractivity contribution in [3.05, 3.63) is 42.1 Å². The summed E-state index contributed by atoms with van der Waals surface area (Å²) >= 11 is 4.32. The van der Waals surface area contributed by atoms with Crippen molar-refractivity contribution >= 4 is 41.8 Å². The Morgan fingerprint density at radius 3 is 2.11 bits per heavy atom. The molecule has 2 amide bonds. The van der Waals surface area contributed by atoms with E-state index in [0.717, 1.165) is 0 Å². The first-order chi connectivity index (χ1) is 13.1. The first kappa shape index (κ1) is 21.5. The second-order valence-electron chi connectivity index (χ2n) is 6.90. The monoisotopic (exact) mass is 405 g/mol. The van der Waals surface area contributed by atoms with Gasteiger partial charge < -0.3 is 20.2 Å². The van der Waals surface area contributed by atoms with E-state index < -0.39 is 10.7 Å². The summed E-state index contributed by atoms with van der Waals surface area (Å²) in [7, 11) is 0. The van der Waals surface area contributed by atoms with Crippen LogP contribution in [-0.4, -0.2) is 27.9 Å². The minimum atomic E-state index is -1.87. The number of carboxylic acid groups (broad SMARTS) is 1. The average Bonchev–Trinajstić information content (AvgIpc) is 3.16. The van der Waals surface area contributed by atoms with Gasteiger partial charge in [0.15, 0.2) is 0 Å². The van der Waals surface area contributed by atoms with E-state index in [1.54, 1.807) is 27.7 Å². The van der Waals surface area contributed by atoms with Crippen LogP contribution in [0.1, 0.15) is 39.1 Å². The fraction of sp³-hybridized carbons (Fsp3) is 0.368. The standard InChI is InChI=1S/C19H23N3O5S/c1-10(2)15(23)21-13-6-5-12(9-14(13)22-16(24)11(3)4)19(28,18(25)26)17-20-7-8-27-17/h5-11,28H,1-4H3,(H,21,23)(H,22,24)(H,25,26). The molecule has 0 saturated heterocycles. The van der Waals surface area contributed by atoms with Gasteiger partial charge in [-0.1, -0.05) is 33.8 Å². The molecule has 8 nitrogen and oxygen atoms in total. The molecule has 0 aliphatic heterocycles. The number of carboxylic acids is 1. The quantitative estimate of drug-likeness (QED) is 0.525. The number of thiol groups is 1. The van der Waals surface area contributed by atoms with E-state index >= 15 is 0 Å². The summed E-state index contributed by atoms with van der Waals surface area (Å²) in [5.41, 5.74) is 0.828. The second-order valence-corrected chi connectivity index (χ2v) is 7.57. The van der Waals surface area contributed by atoms with Gasteiger partial charge >= 0.3 is 5.97 Å². The second kappa shape index (κ2) is 8.47. The summed E-state index contributed by atoms with van der Waals surface area (Å²) in [6.07, 6.45) is 2.57. The third-order valence-electron chi connectivity index (χ3n) is 4.05. The molecular formula is C19H23N3O5S. The van der Waals surface area contributed by atoms with Crippen molar-refractivity contribution in [1.82, 2.24) is 4.98 Å². The van der Waals surface area contributed by atoms with Crippen molar-refractivity contribution in [1.29, 1.82) is 0 Å². The number of nitrogens with one attached hydrogen (secondary N) is 2. The Balaban J connectivity index is 2.56. The van der Waals surface area contributed by atoms with Gasteiger partial charge in [-0.05, 0) is 17.7 Å². The Labute approximate surface area is 168 Å². The molecule has 1 unspecified atom stereocenters. The Bertz CT molecular complexity index is 880. The molecule has 0 aliphatic rings. The number of aliphatic carboxylic acids is 1. The van der Waals surface area contributed by atoms with Gasteiger partial charge in [0, 0.05) is 11.8 Å². The highest BCUT2D eigenvalue weighted by Crippen LogP contribution is 2.38. The number of oxazole rings is 1. The number of carbonyl (C=O) groups is 3. The zero-order chi connectivity index (χ0) is 21.1. The van der Waals surface area contributed by atoms with Gasteiger partial charge in [-0.2, -0.15) is 0 Å². The highest BCUT2D eigenvalue weighted by atomic mass is 32.1. The van der Waals surface area contributed by atoms with Gasteiger partial charge in [0.05, 0.1) is 17.6 Å². The van der Waals surface area contributed by atoms with Crippen molar-refractivity contribution in [2.24, 2.45) is 11.8 Å². The third-order valence-corrected chi connectivity index (χ3v) is 4.69. The minimum absolute atomic E-state index is 0.122. The van der Waals surface area contributed by atoms with Gasteiger partial charge in [-0.15, -0.1) is 12.6 Å². The van der Waals surface area contributed by atoms with Crippen molar-refractivity contribution < 1.29 is 23.9 Å². The van der Waals surface area contributed by atoms with Crippen LogP contribution in [0.25, 0.3) is 0 Å². The topological polar surface area (TPSA) is 122 Å². The van der Waals surface area contributed by atoms with E-state index in [1.807, 2.05) is 0 Å². The van der Waals surface area contributed by atoms with Gasteiger partial charge in [0.25, 0.3) is 0 Å². The van der Waals surface area contributed by atoms with Crippen LogP contribution in [0.2, 0.25) is 0 Å². The lowest BCUT2D eigenvalue weighted by molar-refractivity contribution is -0.139. The van der Waals surface area contributed by atoms with Crippen LogP contribution in [0.4, 0.5) is 11.4 Å². The predicted octanol–water partition coefficient (Wildman–Crippen LogP) is 3.12. The summed E-state index contributed by atoms with van der Waals surface area (Å²) < 4.78 is 3.30. The van der Waals surface area contributed by atoms with Gasteiger partial charge in [0.2, 0.25) is 22.5 Å². The Hall–Kier alpha value is -2.81. The van der Waals surface area contributed by atoms with E-state index in [-0.39, 0.29) is 40.8 Å². The summed E-state index contributed by atoms with van der Waals surface area (Å²) in [5.74, 6) is -2.53. The van der Waals surface area contributed by atoms with Gasteiger partial charge in [-0.25, -0.2) is 9.78 Å². The van der Waals surface area contributed by atoms with Crippen molar-refractivity contribution in [2.75, 3.05) is 10.6 Å². The summed E-state index contributed by atoms with van der Waals surface area (Å²) in [6, 6.07) is 4.45. The number of carbonyl (C=O) groups excluding carboxylic acids is 2. The number of amides is 2. The lowest BCUT2D eigenvalue weighted by atomic mass is 9.96. The third kappa shape index (κ3) is 4.36. The smallest absolute Gasteiger partial charge is 0.333 e. The number of anilines is 2. The van der Waals surface area contributed by atoms with E-state index in [1.165, 1.54) is 30.7 Å². The van der Waals surface area contributed by atoms with E-state index in [9.17, 15) is 19.5 Å². The molecule has 150 valence electrons. The summed E-state index contributed by atoms with van der Waals surface area (Å²) in [4.78, 5) is 40.2. The molecule has 2 rings (SSSR count). The lowest BCUT2D eigenvalue weighted by Gasteiger charge is -2.23. The Morgan fingerprint density at radius 1 is 1.07 bits per heavy atom. The summed E-state index contributed by atoms with van der Waals surface area (Å²) in [5, 5.41) is 15.2. The number of rotatable bonds is 7. The van der Waals surface area contributed by atoms with Crippen molar-refractivity contribution in [2.45, 2.75) is 32.4 Å². The van der Waals surface area contributed by atoms with Crippen LogP contribution in [0.15, 0.2) is 35.1 Å². The van der Waals surface area contributed by atoms with E-state index in [4.69, 9.17) is 4.42 Å². The molecule has 1 aromatic heterocycles. The van der Waals surface area contributed by atoms with Crippen LogP contribution < -0.4 is 10.6 Å². The molecule has 28 heavy (non-hydrogen) atoms. The number of hydrogen-bond acceptors (Lipinski definition) is 6. The van der Waals surface area contributed by atoms with Crippen molar-refractivity contribution in [3.8, 4) is 0 Å².